The van der Waals surface area contributed by atoms with Crippen molar-refractivity contribution in [2.45, 2.75) is 6.42 Å². The maximum atomic E-state index is 9.25. The van der Waals surface area contributed by atoms with Crippen LogP contribution < -0.4 is 5.73 Å². The van der Waals surface area contributed by atoms with Crippen LogP contribution >= 0.6 is 0 Å². The quantitative estimate of drug-likeness (QED) is 0.143. The zero-order chi connectivity index (χ0) is 32.0. The lowest BCUT2D eigenvalue weighted by atomic mass is 9.93. The van der Waals surface area contributed by atoms with Gasteiger partial charge in [0, 0.05) is 30.6 Å². The molecular weight excluding hydrogens is 532 g/mol. The molecule has 12 N–H and O–H groups in total. The Morgan fingerprint density at radius 3 is 1.27 bits per heavy atom. The summed E-state index contributed by atoms with van der Waals surface area (Å²) in [5, 5.41) is 74.8. The van der Waals surface area contributed by atoms with Gasteiger partial charge in [-0.05, 0) is 42.8 Å². The van der Waals surface area contributed by atoms with Gasteiger partial charge in [-0.25, -0.2) is 14.4 Å². The summed E-state index contributed by atoms with van der Waals surface area (Å²) in [7, 11) is 0. The molecule has 1 aromatic heterocycles. The van der Waals surface area contributed by atoms with E-state index >= 15 is 0 Å². The van der Waals surface area contributed by atoms with Gasteiger partial charge in [0.2, 0.25) is 0 Å². The molecule has 14 heteroatoms. The molecule has 226 valence electrons. The molecule has 1 aromatic carbocycles. The zero-order valence-electron chi connectivity index (χ0n) is 22.0. The molecule has 0 atom stereocenters. The van der Waals surface area contributed by atoms with Crippen molar-refractivity contribution in [3.63, 3.8) is 0 Å². The van der Waals surface area contributed by atoms with E-state index in [1.807, 2.05) is 24.5 Å². The maximum Gasteiger partial charge on any atom is 0.327 e. The van der Waals surface area contributed by atoms with Crippen molar-refractivity contribution in [1.29, 1.82) is 0 Å². The molecule has 40 heavy (non-hydrogen) atoms. The Morgan fingerprint density at radius 2 is 1.10 bits per heavy atom. The van der Waals surface area contributed by atoms with Gasteiger partial charge in [-0.2, -0.15) is 0 Å². The summed E-state index contributed by atoms with van der Waals surface area (Å²) in [5.74, 6) is -3.12. The van der Waals surface area contributed by atoms with Gasteiger partial charge in [-0.1, -0.05) is 25.8 Å². The normalized spacial score (nSPS) is 8.82. The minimum atomic E-state index is -1.11. The number of hydrogen-bond donors (Lipinski definition) is 11. The Hall–Kier alpha value is -4.47. The molecule has 0 aliphatic heterocycles. The number of nitrogens with one attached hydrogen (secondary N) is 1. The van der Waals surface area contributed by atoms with E-state index in [0.29, 0.717) is 13.0 Å². The van der Waals surface area contributed by atoms with Gasteiger partial charge in [0.1, 0.15) is 0 Å². The first-order valence-electron chi connectivity index (χ1n) is 11.1. The van der Waals surface area contributed by atoms with Crippen LogP contribution in [0.3, 0.4) is 0 Å². The molecule has 0 fully saturated rings. The van der Waals surface area contributed by atoms with Crippen molar-refractivity contribution in [1.82, 2.24) is 4.98 Å². The highest BCUT2D eigenvalue weighted by Crippen LogP contribution is 2.24. The largest absolute Gasteiger partial charge is 0.504 e. The minimum Gasteiger partial charge on any atom is -0.504 e. The molecule has 0 bridgehead atoms. The predicted octanol–water partition coefficient (Wildman–Crippen LogP) is 0.327. The summed E-state index contributed by atoms with van der Waals surface area (Å²) in [4.78, 5) is 30.6. The Bertz CT molecular complexity index is 866. The average molecular weight is 573 g/mol. The number of rotatable bonds is 9. The van der Waals surface area contributed by atoms with E-state index in [0.717, 1.165) is 23.8 Å². The molecule has 2 aromatic rings. The Kier molecular flexibility index (Phi) is 31.0. The highest BCUT2D eigenvalue weighted by molar-refractivity contribution is 5.79. The standard InChI is InChI=1S/C8H11NO2.C5H12O4.C4H5N.3C3H4O2/c9-4-3-6-1-2-7(10)8(11)5-6;6-1-5(2-7,3-8)4-9;1-2-4-5-3-1;3*1-2-3(4)5/h1-2,5,10-11H,3-4,9H2;6-9H,1-4H2;1-5H;3*2H,1H2,(H,4,5). The molecule has 2 rings (SSSR count). The number of aliphatic hydroxyl groups is 4. The lowest BCUT2D eigenvalue weighted by molar-refractivity contribution is -0.132. The third-order valence-electron chi connectivity index (χ3n) is 3.83. The molecule has 0 radical (unpaired) electrons. The number of benzene rings is 1. The van der Waals surface area contributed by atoms with Crippen molar-refractivity contribution in [3.05, 3.63) is 86.3 Å². The van der Waals surface area contributed by atoms with Crippen LogP contribution in [0.2, 0.25) is 0 Å². The number of carbonyl (C=O) groups is 3. The number of phenols is 2. The second kappa shape index (κ2) is 29.1. The first-order chi connectivity index (χ1) is 18.8. The summed E-state index contributed by atoms with van der Waals surface area (Å²) < 4.78 is 0. The molecule has 0 saturated carbocycles. The summed E-state index contributed by atoms with van der Waals surface area (Å²) in [6.07, 6.45) is 6.97. The first kappa shape index (κ1) is 42.6. The van der Waals surface area contributed by atoms with E-state index in [-0.39, 0.29) is 11.5 Å². The summed E-state index contributed by atoms with van der Waals surface area (Å²) in [6.45, 7) is 7.80. The number of H-pyrrole nitrogens is 1. The monoisotopic (exact) mass is 572 g/mol. The third kappa shape index (κ3) is 29.8. The van der Waals surface area contributed by atoms with E-state index < -0.39 is 49.8 Å². The van der Waals surface area contributed by atoms with Crippen molar-refractivity contribution in [2.75, 3.05) is 33.0 Å². The zero-order valence-corrected chi connectivity index (χ0v) is 22.0. The van der Waals surface area contributed by atoms with Crippen molar-refractivity contribution in [2.24, 2.45) is 11.1 Å². The van der Waals surface area contributed by atoms with E-state index in [1.54, 1.807) is 6.07 Å². The molecule has 0 aliphatic rings. The fourth-order valence-electron chi connectivity index (χ4n) is 1.47. The molecule has 0 amide bonds. The Labute approximate surface area is 231 Å². The predicted molar refractivity (Wildman–Crippen MR) is 148 cm³/mol. The lowest BCUT2D eigenvalue weighted by Gasteiger charge is -2.23. The van der Waals surface area contributed by atoms with Gasteiger partial charge >= 0.3 is 17.9 Å². The summed E-state index contributed by atoms with van der Waals surface area (Å²) >= 11 is 0. The van der Waals surface area contributed by atoms with Gasteiger partial charge < -0.3 is 56.7 Å². The van der Waals surface area contributed by atoms with Crippen LogP contribution in [-0.2, 0) is 20.8 Å². The van der Waals surface area contributed by atoms with Gasteiger partial charge in [0.25, 0.3) is 0 Å². The van der Waals surface area contributed by atoms with Crippen molar-refractivity contribution in [3.8, 4) is 11.5 Å². The second-order valence-electron chi connectivity index (χ2n) is 7.01. The molecule has 0 saturated heterocycles. The fraction of sp³-hybridized carbons (Fsp3) is 0.269. The summed E-state index contributed by atoms with van der Waals surface area (Å²) in [5.41, 5.74) is 5.13. The highest BCUT2D eigenvalue weighted by atomic mass is 16.4. The van der Waals surface area contributed by atoms with Gasteiger partial charge in [-0.15, -0.1) is 0 Å². The second-order valence-corrected chi connectivity index (χ2v) is 7.01. The van der Waals surface area contributed by atoms with Crippen molar-refractivity contribution < 1.29 is 60.3 Å². The van der Waals surface area contributed by atoms with E-state index in [9.17, 15) is 14.4 Å². The SMILES string of the molecule is C=CC(=O)O.C=CC(=O)O.C=CC(=O)O.NCCc1ccc(O)c(O)c1.OCC(CO)(CO)CO.c1cc[nH]c1. The fourth-order valence-corrected chi connectivity index (χ4v) is 1.47. The van der Waals surface area contributed by atoms with E-state index in [4.69, 9.17) is 51.7 Å². The van der Waals surface area contributed by atoms with Crippen LogP contribution in [-0.4, -0.2) is 102 Å². The van der Waals surface area contributed by atoms with Gasteiger partial charge in [-0.3, -0.25) is 0 Å². The highest BCUT2D eigenvalue weighted by Gasteiger charge is 2.26. The summed E-state index contributed by atoms with van der Waals surface area (Å²) in [6, 6.07) is 8.60. The number of hydrogen-bond acceptors (Lipinski definition) is 10. The number of nitrogens with two attached hydrogens (primary N) is 1. The maximum absolute atomic E-state index is 9.25. The molecule has 1 heterocycles. The number of aliphatic carboxylic acids is 3. The third-order valence-corrected chi connectivity index (χ3v) is 3.83. The van der Waals surface area contributed by atoms with Crippen LogP contribution in [0.4, 0.5) is 0 Å². The minimum absolute atomic E-state index is 0.0871. The Morgan fingerprint density at radius 1 is 0.750 bits per heavy atom. The van der Waals surface area contributed by atoms with Crippen LogP contribution in [0.15, 0.2) is 80.7 Å². The number of aromatic hydroxyl groups is 2. The Balaban J connectivity index is -0.000000202. The average Bonchev–Trinajstić information content (AvgIpc) is 3.54. The van der Waals surface area contributed by atoms with Gasteiger partial charge in [0.15, 0.2) is 11.5 Å². The van der Waals surface area contributed by atoms with E-state index in [1.165, 1.54) is 12.1 Å². The molecular formula is C26H40N2O12. The first-order valence-corrected chi connectivity index (χ1v) is 11.1. The van der Waals surface area contributed by atoms with Crippen molar-refractivity contribution >= 4 is 17.9 Å². The van der Waals surface area contributed by atoms with Crippen LogP contribution in [0.1, 0.15) is 5.56 Å². The molecule has 14 nitrogen and oxygen atoms in total. The topological polar surface area (TPSA) is 275 Å². The van der Waals surface area contributed by atoms with Gasteiger partial charge in [0.05, 0.1) is 31.8 Å². The number of aliphatic hydroxyl groups excluding tert-OH is 4. The smallest absolute Gasteiger partial charge is 0.327 e. The number of carboxylic acid groups (broad SMARTS) is 3. The number of aromatic nitrogens is 1. The van der Waals surface area contributed by atoms with Crippen LogP contribution in [0, 0.1) is 5.41 Å². The number of phenolic OH excluding ortho intramolecular Hbond substituents is 2. The van der Waals surface area contributed by atoms with Crippen LogP contribution in [0.5, 0.6) is 11.5 Å². The van der Waals surface area contributed by atoms with E-state index in [2.05, 4.69) is 24.7 Å². The molecule has 0 aliphatic carbocycles. The number of carboxylic acids is 3. The molecule has 0 unspecified atom stereocenters. The number of aromatic amines is 1. The van der Waals surface area contributed by atoms with Crippen LogP contribution in [0.25, 0.3) is 0 Å². The lowest BCUT2D eigenvalue weighted by Crippen LogP contribution is -2.37. The molecule has 0 spiro atoms.